The van der Waals surface area contributed by atoms with Crippen LogP contribution in [0.15, 0.2) is 16.2 Å². The molecule has 0 radical (unpaired) electrons. The van der Waals surface area contributed by atoms with Gasteiger partial charge in [0.1, 0.15) is 0 Å². The first-order valence-electron chi connectivity index (χ1n) is 6.84. The van der Waals surface area contributed by atoms with Crippen LogP contribution >= 0.6 is 11.3 Å². The zero-order valence-electron chi connectivity index (χ0n) is 11.0. The quantitative estimate of drug-likeness (QED) is 0.911. The summed E-state index contributed by atoms with van der Waals surface area (Å²) in [6.07, 6.45) is 6.49. The van der Waals surface area contributed by atoms with E-state index in [-0.39, 0.29) is 0 Å². The first-order chi connectivity index (χ1) is 9.38. The summed E-state index contributed by atoms with van der Waals surface area (Å²) in [4.78, 5) is 9.55. The molecular weight excluding hydrogens is 260 g/mol. The van der Waals surface area contributed by atoms with Crippen molar-refractivity contribution in [1.82, 2.24) is 20.4 Å². The van der Waals surface area contributed by atoms with Gasteiger partial charge in [-0.25, -0.2) is 0 Å². The minimum Gasteiger partial charge on any atom is -0.339 e. The van der Waals surface area contributed by atoms with Crippen LogP contribution in [0.25, 0.3) is 10.7 Å². The van der Waals surface area contributed by atoms with E-state index in [1.807, 2.05) is 0 Å². The Morgan fingerprint density at radius 3 is 3.21 bits per heavy atom. The lowest BCUT2D eigenvalue weighted by atomic mass is 10.0. The third kappa shape index (κ3) is 2.69. The Bertz CT molecular complexity index is 510. The Morgan fingerprint density at radius 2 is 2.42 bits per heavy atom. The Kier molecular flexibility index (Phi) is 3.89. The van der Waals surface area contributed by atoms with Crippen molar-refractivity contribution in [2.45, 2.75) is 44.6 Å². The van der Waals surface area contributed by atoms with Crippen LogP contribution in [0.1, 0.15) is 44.4 Å². The molecule has 2 atom stereocenters. The van der Waals surface area contributed by atoms with E-state index in [0.29, 0.717) is 17.8 Å². The smallest absolute Gasteiger partial charge is 0.231 e. The lowest BCUT2D eigenvalue weighted by Crippen LogP contribution is -2.31. The fourth-order valence-electron chi connectivity index (χ4n) is 2.64. The molecule has 6 heteroatoms. The second-order valence-corrected chi connectivity index (χ2v) is 5.81. The normalized spacial score (nSPS) is 23.0. The van der Waals surface area contributed by atoms with Crippen molar-refractivity contribution < 1.29 is 4.52 Å². The van der Waals surface area contributed by atoms with Crippen LogP contribution in [0.3, 0.4) is 0 Å². The zero-order chi connectivity index (χ0) is 13.1. The van der Waals surface area contributed by atoms with Gasteiger partial charge in [0.25, 0.3) is 0 Å². The molecule has 1 N–H and O–H groups in total. The molecule has 2 heterocycles. The lowest BCUT2D eigenvalue weighted by molar-refractivity contribution is 0.330. The Labute approximate surface area is 116 Å². The monoisotopic (exact) mass is 278 g/mol. The first kappa shape index (κ1) is 12.7. The Balaban J connectivity index is 1.75. The van der Waals surface area contributed by atoms with E-state index in [1.54, 1.807) is 11.7 Å². The molecule has 2 aromatic heterocycles. The van der Waals surface area contributed by atoms with Gasteiger partial charge in [-0.1, -0.05) is 18.5 Å². The van der Waals surface area contributed by atoms with Crippen LogP contribution in [-0.2, 0) is 0 Å². The maximum absolute atomic E-state index is 5.46. The molecule has 1 aliphatic carbocycles. The van der Waals surface area contributed by atoms with E-state index in [2.05, 4.69) is 27.4 Å². The van der Waals surface area contributed by atoms with Crippen LogP contribution in [0.2, 0.25) is 0 Å². The van der Waals surface area contributed by atoms with Crippen LogP contribution in [0, 0.1) is 0 Å². The minimum atomic E-state index is 0.362. The summed E-state index contributed by atoms with van der Waals surface area (Å²) in [6, 6.07) is 0.481. The molecule has 1 fully saturated rings. The molecule has 0 aromatic carbocycles. The largest absolute Gasteiger partial charge is 0.339 e. The second-order valence-electron chi connectivity index (χ2n) is 4.92. The van der Waals surface area contributed by atoms with Crippen molar-refractivity contribution in [3.8, 4) is 10.7 Å². The average molecular weight is 278 g/mol. The molecule has 102 valence electrons. The van der Waals surface area contributed by atoms with Crippen molar-refractivity contribution in [2.24, 2.45) is 0 Å². The van der Waals surface area contributed by atoms with Gasteiger partial charge in [-0.2, -0.15) is 4.98 Å². The summed E-state index contributed by atoms with van der Waals surface area (Å²) in [6.45, 7) is 3.24. The molecule has 3 rings (SSSR count). The molecule has 1 aliphatic rings. The van der Waals surface area contributed by atoms with Crippen LogP contribution in [-0.4, -0.2) is 27.7 Å². The van der Waals surface area contributed by atoms with Crippen molar-refractivity contribution in [3.05, 3.63) is 17.6 Å². The van der Waals surface area contributed by atoms with E-state index in [4.69, 9.17) is 4.52 Å². The van der Waals surface area contributed by atoms with Gasteiger partial charge < -0.3 is 9.84 Å². The van der Waals surface area contributed by atoms with Gasteiger partial charge in [-0.3, -0.25) is 4.98 Å². The van der Waals surface area contributed by atoms with Gasteiger partial charge >= 0.3 is 0 Å². The lowest BCUT2D eigenvalue weighted by Gasteiger charge is -2.17. The van der Waals surface area contributed by atoms with Crippen molar-refractivity contribution in [2.75, 3.05) is 6.54 Å². The van der Waals surface area contributed by atoms with Crippen molar-refractivity contribution in [3.63, 3.8) is 0 Å². The molecule has 0 saturated heterocycles. The summed E-state index contributed by atoms with van der Waals surface area (Å²) in [5.74, 6) is 1.80. The van der Waals surface area contributed by atoms with Crippen LogP contribution in [0.4, 0.5) is 0 Å². The molecule has 0 aliphatic heterocycles. The highest BCUT2D eigenvalue weighted by Gasteiger charge is 2.32. The molecule has 5 nitrogen and oxygen atoms in total. The van der Waals surface area contributed by atoms with E-state index in [1.165, 1.54) is 24.2 Å². The number of rotatable bonds is 5. The van der Waals surface area contributed by atoms with Gasteiger partial charge in [0.05, 0.1) is 16.3 Å². The minimum absolute atomic E-state index is 0.362. The van der Waals surface area contributed by atoms with Crippen LogP contribution < -0.4 is 5.32 Å². The molecule has 2 unspecified atom stereocenters. The first-order valence-corrected chi connectivity index (χ1v) is 7.72. The standard InChI is InChI=1S/C13H18N4OS/c1-2-6-15-10-5-3-4-9(10)13-16-12(17-18-13)11-7-14-8-19-11/h7-10,15H,2-6H2,1H3. The predicted molar refractivity (Wildman–Crippen MR) is 74.1 cm³/mol. The summed E-state index contributed by atoms with van der Waals surface area (Å²) < 4.78 is 5.46. The fraction of sp³-hybridized carbons (Fsp3) is 0.615. The number of thiazole rings is 1. The van der Waals surface area contributed by atoms with E-state index in [9.17, 15) is 0 Å². The highest BCUT2D eigenvalue weighted by atomic mass is 32.1. The third-order valence-corrected chi connectivity index (χ3v) is 4.35. The topological polar surface area (TPSA) is 63.8 Å². The molecule has 1 saturated carbocycles. The molecular formula is C13H18N4OS. The summed E-state index contributed by atoms with van der Waals surface area (Å²) in [7, 11) is 0. The number of hydrogen-bond acceptors (Lipinski definition) is 6. The third-order valence-electron chi connectivity index (χ3n) is 3.58. The van der Waals surface area contributed by atoms with Gasteiger partial charge in [0.2, 0.25) is 11.7 Å². The van der Waals surface area contributed by atoms with Gasteiger partial charge in [-0.15, -0.1) is 11.3 Å². The number of aromatic nitrogens is 3. The SMILES string of the molecule is CCCNC1CCCC1c1nc(-c2cncs2)no1. The maximum atomic E-state index is 5.46. The number of nitrogens with zero attached hydrogens (tertiary/aromatic N) is 3. The molecule has 2 aromatic rings. The fourth-order valence-corrected chi connectivity index (χ4v) is 3.19. The zero-order valence-corrected chi connectivity index (χ0v) is 11.8. The van der Waals surface area contributed by atoms with Crippen molar-refractivity contribution in [1.29, 1.82) is 0 Å². The van der Waals surface area contributed by atoms with Crippen LogP contribution in [0.5, 0.6) is 0 Å². The second kappa shape index (κ2) is 5.79. The number of nitrogens with one attached hydrogen (secondary N) is 1. The Hall–Kier alpha value is -1.27. The molecule has 0 amide bonds. The maximum Gasteiger partial charge on any atom is 0.231 e. The van der Waals surface area contributed by atoms with Gasteiger partial charge in [0.15, 0.2) is 0 Å². The predicted octanol–water partition coefficient (Wildman–Crippen LogP) is 2.83. The summed E-state index contributed by atoms with van der Waals surface area (Å²) >= 11 is 1.53. The highest BCUT2D eigenvalue weighted by molar-refractivity contribution is 7.13. The number of hydrogen-bond donors (Lipinski definition) is 1. The Morgan fingerprint density at radius 1 is 1.47 bits per heavy atom. The average Bonchev–Trinajstić information content (AvgIpc) is 3.14. The van der Waals surface area contributed by atoms with E-state index in [0.717, 1.165) is 30.2 Å². The highest BCUT2D eigenvalue weighted by Crippen LogP contribution is 2.34. The summed E-state index contributed by atoms with van der Waals surface area (Å²) in [5, 5.41) is 7.66. The van der Waals surface area contributed by atoms with Crippen molar-refractivity contribution >= 4 is 11.3 Å². The van der Waals surface area contributed by atoms with Gasteiger partial charge in [-0.05, 0) is 25.8 Å². The van der Waals surface area contributed by atoms with E-state index >= 15 is 0 Å². The molecule has 0 spiro atoms. The van der Waals surface area contributed by atoms with Gasteiger partial charge in [0, 0.05) is 12.2 Å². The van der Waals surface area contributed by atoms with E-state index < -0.39 is 0 Å². The molecule has 0 bridgehead atoms. The molecule has 19 heavy (non-hydrogen) atoms. The summed E-state index contributed by atoms with van der Waals surface area (Å²) in [5.41, 5.74) is 1.78.